The minimum absolute atomic E-state index is 0.0614. The normalized spacial score (nSPS) is 23.1. The van der Waals surface area contributed by atoms with Gasteiger partial charge in [-0.15, -0.1) is 0 Å². The van der Waals surface area contributed by atoms with Crippen molar-refractivity contribution in [1.29, 1.82) is 10.8 Å². The third kappa shape index (κ3) is 18.7. The Morgan fingerprint density at radius 2 is 1.29 bits per heavy atom. The number of hydrogen-bond acceptors (Lipinski definition) is 13. The van der Waals surface area contributed by atoms with Crippen molar-refractivity contribution in [2.75, 3.05) is 26.2 Å². The van der Waals surface area contributed by atoms with Crippen LogP contribution >= 0.6 is 0 Å². The van der Waals surface area contributed by atoms with Gasteiger partial charge in [0, 0.05) is 56.5 Å². The molecular weight excluding hydrogens is 1040 g/mol. The van der Waals surface area contributed by atoms with E-state index in [-0.39, 0.29) is 88.6 Å². The van der Waals surface area contributed by atoms with Crippen molar-refractivity contribution in [3.05, 3.63) is 71.9 Å². The van der Waals surface area contributed by atoms with Crippen LogP contribution in [-0.4, -0.2) is 160 Å². The maximum Gasteiger partial charge on any atom is 0.326 e. The number of carboxylic acid groups (broad SMARTS) is 1. The molecule has 20 N–H and O–H groups in total. The summed E-state index contributed by atoms with van der Waals surface area (Å²) in [7, 11) is 0. The summed E-state index contributed by atoms with van der Waals surface area (Å²) in [6.45, 7) is 1.02. The van der Waals surface area contributed by atoms with E-state index in [1.54, 1.807) is 48.7 Å². The summed E-state index contributed by atoms with van der Waals surface area (Å²) in [5.74, 6) is -11.0. The number of benzene rings is 2. The number of primary amides is 1. The van der Waals surface area contributed by atoms with Crippen LogP contribution in [0.4, 0.5) is 0 Å². The van der Waals surface area contributed by atoms with E-state index in [1.165, 1.54) is 19.1 Å². The molecule has 1 aromatic heterocycles. The summed E-state index contributed by atoms with van der Waals surface area (Å²) in [4.78, 5) is 155. The number of aliphatic carboxylic acids is 1. The first-order chi connectivity index (χ1) is 38.1. The molecule has 0 spiro atoms. The van der Waals surface area contributed by atoms with E-state index >= 15 is 0 Å². The second-order valence-corrected chi connectivity index (χ2v) is 19.3. The maximum atomic E-state index is 14.7. The van der Waals surface area contributed by atoms with E-state index < -0.39 is 133 Å². The summed E-state index contributed by atoms with van der Waals surface area (Å²) in [5.41, 5.74) is 17.8. The van der Waals surface area contributed by atoms with Crippen LogP contribution < -0.4 is 70.4 Å². The van der Waals surface area contributed by atoms with Gasteiger partial charge in [0.1, 0.15) is 48.3 Å². The van der Waals surface area contributed by atoms with Gasteiger partial charge in [-0.25, -0.2) is 4.79 Å². The number of nitrogens with two attached hydrogens (primary N) is 3. The fourth-order valence-corrected chi connectivity index (χ4v) is 9.12. The van der Waals surface area contributed by atoms with Crippen LogP contribution in [-0.2, 0) is 59.2 Å². The van der Waals surface area contributed by atoms with Crippen LogP contribution in [0.5, 0.6) is 0 Å². The molecule has 29 heteroatoms. The van der Waals surface area contributed by atoms with Gasteiger partial charge in [0.15, 0.2) is 11.9 Å². The maximum absolute atomic E-state index is 14.7. The molecule has 2 aliphatic heterocycles. The van der Waals surface area contributed by atoms with Crippen molar-refractivity contribution in [3.63, 3.8) is 0 Å². The van der Waals surface area contributed by atoms with E-state index in [4.69, 9.17) is 28.0 Å². The second kappa shape index (κ2) is 30.0. The van der Waals surface area contributed by atoms with Crippen molar-refractivity contribution < 1.29 is 57.8 Å². The zero-order valence-electron chi connectivity index (χ0n) is 44.1. The highest BCUT2D eigenvalue weighted by Crippen LogP contribution is 2.21. The first-order valence-electron chi connectivity index (χ1n) is 26.0. The number of aromatic nitrogens is 1. The molecule has 0 radical (unpaired) electrons. The Balaban J connectivity index is 1.50. The Hall–Kier alpha value is -9.31. The average Bonchev–Trinajstić information content (AvgIpc) is 3.82. The van der Waals surface area contributed by atoms with Crippen LogP contribution in [0.2, 0.25) is 0 Å². The van der Waals surface area contributed by atoms with Crippen molar-refractivity contribution in [2.24, 2.45) is 17.2 Å². The number of H-pyrrole nitrogens is 1. The van der Waals surface area contributed by atoms with E-state index in [1.807, 2.05) is 0 Å². The molecule has 3 aromatic rings. The highest BCUT2D eigenvalue weighted by atomic mass is 16.4. The number of amides is 10. The minimum atomic E-state index is -1.81. The number of carboxylic acids is 1. The summed E-state index contributed by atoms with van der Waals surface area (Å²) < 4.78 is 0. The first kappa shape index (κ1) is 61.5. The minimum Gasteiger partial charge on any atom is -0.480 e. The molecule has 2 aromatic carbocycles. The molecule has 0 bridgehead atoms. The predicted molar refractivity (Wildman–Crippen MR) is 288 cm³/mol. The number of rotatable bonds is 17. The predicted octanol–water partition coefficient (Wildman–Crippen LogP) is -3.73. The molecular formula is C51H71N17O12. The molecule has 0 aliphatic carbocycles. The van der Waals surface area contributed by atoms with Gasteiger partial charge in [-0.1, -0.05) is 48.5 Å². The van der Waals surface area contributed by atoms with Gasteiger partial charge in [0.05, 0.1) is 13.0 Å². The fourth-order valence-electron chi connectivity index (χ4n) is 9.12. The van der Waals surface area contributed by atoms with E-state index in [0.717, 1.165) is 4.90 Å². The Morgan fingerprint density at radius 3 is 1.95 bits per heavy atom. The molecule has 29 nitrogen and oxygen atoms in total. The topological polar surface area (TPSA) is 473 Å². The zero-order chi connectivity index (χ0) is 58.5. The highest BCUT2D eigenvalue weighted by Gasteiger charge is 2.41. The van der Waals surface area contributed by atoms with E-state index in [2.05, 4.69) is 58.2 Å². The third-order valence-corrected chi connectivity index (χ3v) is 13.3. The van der Waals surface area contributed by atoms with Gasteiger partial charge < -0.3 is 85.4 Å². The van der Waals surface area contributed by atoms with Crippen LogP contribution in [0.1, 0.15) is 88.3 Å². The number of hydrogen-bond donors (Lipinski definition) is 17. The smallest absolute Gasteiger partial charge is 0.326 e. The van der Waals surface area contributed by atoms with Crippen LogP contribution in [0.3, 0.4) is 0 Å². The lowest BCUT2D eigenvalue weighted by Crippen LogP contribution is -2.66. The van der Waals surface area contributed by atoms with Gasteiger partial charge in [0.2, 0.25) is 59.1 Å². The van der Waals surface area contributed by atoms with Gasteiger partial charge in [0.25, 0.3) is 0 Å². The van der Waals surface area contributed by atoms with Crippen molar-refractivity contribution in [2.45, 2.75) is 126 Å². The number of para-hydroxylation sites is 1. The van der Waals surface area contributed by atoms with Gasteiger partial charge in [-0.05, 0) is 68.6 Å². The SMILES string of the molecule is CC(=O)N1C[C@H](C(=O)N[C@H]2CC(=O)NCCCC[C@@H](C(=O)O)NC(=O)[C@H](Cc3c[nH]c4ccccc34)NC(=O)[C@H](CCCNC(=N)N)NC(=O)C(c3ccccc3)NC(=O)[C@H](CCC(N)=O)NC2=O)NC(=O)[C@@H]1CCCNC(=N)N. The van der Waals surface area contributed by atoms with Crippen LogP contribution in [0.25, 0.3) is 10.9 Å². The lowest BCUT2D eigenvalue weighted by molar-refractivity contribution is -0.146. The Morgan fingerprint density at radius 1 is 0.688 bits per heavy atom. The summed E-state index contributed by atoms with van der Waals surface area (Å²) in [6.07, 6.45) is 0.257. The highest BCUT2D eigenvalue weighted by molar-refractivity contribution is 6.00. The number of carbonyl (C=O) groups excluding carboxylic acids is 10. The number of aromatic amines is 1. The van der Waals surface area contributed by atoms with Gasteiger partial charge in [-0.2, -0.15) is 0 Å². The van der Waals surface area contributed by atoms with Crippen molar-refractivity contribution >= 4 is 87.9 Å². The zero-order valence-corrected chi connectivity index (χ0v) is 44.1. The number of piperazine rings is 1. The van der Waals surface area contributed by atoms with Crippen molar-refractivity contribution in [1.82, 2.24) is 63.1 Å². The Labute approximate surface area is 459 Å². The van der Waals surface area contributed by atoms with Gasteiger partial charge >= 0.3 is 5.97 Å². The molecule has 3 heterocycles. The molecule has 2 fully saturated rings. The third-order valence-electron chi connectivity index (χ3n) is 13.3. The Bertz CT molecular complexity index is 2770. The molecule has 432 valence electrons. The largest absolute Gasteiger partial charge is 0.480 e. The van der Waals surface area contributed by atoms with E-state index in [9.17, 15) is 57.8 Å². The van der Waals surface area contributed by atoms with Crippen LogP contribution in [0, 0.1) is 10.8 Å². The molecule has 80 heavy (non-hydrogen) atoms. The van der Waals surface area contributed by atoms with Crippen LogP contribution in [0.15, 0.2) is 60.8 Å². The number of fused-ring (bicyclic) bond motifs is 1. The molecule has 10 amide bonds. The number of nitrogens with one attached hydrogen (secondary N) is 13. The van der Waals surface area contributed by atoms with Crippen molar-refractivity contribution in [3.8, 4) is 0 Å². The molecule has 0 saturated carbocycles. The fraction of sp³-hybridized carbons (Fsp3) is 0.471. The standard InChI is InChI=1S/C51H71N17O12/c1-27(69)68-26-37(66-47(77)38(68)17-10-22-59-51(55)56)46(76)65-36-24-40(71)57-20-8-7-15-34(49(79)80)63-44(74)35(23-29-25-60-31-14-6-5-13-30(29)31)64-42(72)32(16-9-21-58-50(53)54)62-48(78)41(28-11-3-2-4-12-28)67-43(73)33(61-45(36)75)18-19-39(52)70/h2-6,11-14,25,32-38,41,60H,7-10,15-24,26H2,1H3,(H2,52,70)(H,57,71)(H,61,75)(H,62,78)(H,63,74)(H,64,72)(H,65,76)(H,66,77)(H,67,73)(H,79,80)(H4,53,54,58)(H4,55,56,59)/t32-,33-,34-,35-,36-,37+,38-,41?/m0/s1. The number of guanidine groups is 2. The molecule has 8 atom stereocenters. The quantitative estimate of drug-likeness (QED) is 0.0351. The lowest BCUT2D eigenvalue weighted by atomic mass is 10.0. The monoisotopic (exact) mass is 1110 g/mol. The van der Waals surface area contributed by atoms with E-state index in [0.29, 0.717) is 22.9 Å². The summed E-state index contributed by atoms with van der Waals surface area (Å²) in [6, 6.07) is 2.86. The molecule has 2 saturated heterocycles. The molecule has 1 unspecified atom stereocenters. The molecule has 5 rings (SSSR count). The second-order valence-electron chi connectivity index (χ2n) is 19.3. The molecule has 2 aliphatic rings. The summed E-state index contributed by atoms with van der Waals surface area (Å²) >= 11 is 0. The Kier molecular flexibility index (Phi) is 23.1. The number of nitrogens with zero attached hydrogens (tertiary/aromatic N) is 1. The lowest BCUT2D eigenvalue weighted by Gasteiger charge is -2.38. The average molecular weight is 1110 g/mol. The first-order valence-corrected chi connectivity index (χ1v) is 26.0. The van der Waals surface area contributed by atoms with Gasteiger partial charge in [-0.3, -0.25) is 58.8 Å². The number of carbonyl (C=O) groups is 11. The summed E-state index contributed by atoms with van der Waals surface area (Å²) in [5, 5.41) is 51.7.